The minimum atomic E-state index is -0.561. The topological polar surface area (TPSA) is 122 Å². The van der Waals surface area contributed by atoms with Crippen LogP contribution in [0.5, 0.6) is 0 Å². The van der Waals surface area contributed by atoms with Crippen LogP contribution in [0, 0.1) is 22.7 Å². The molecule has 0 spiro atoms. The van der Waals surface area contributed by atoms with E-state index in [9.17, 15) is 19.2 Å². The van der Waals surface area contributed by atoms with E-state index in [1.807, 2.05) is 0 Å². The average molecular weight is 496 g/mol. The van der Waals surface area contributed by atoms with Crippen LogP contribution in [0.15, 0.2) is 72.8 Å². The number of nitrogens with zero attached hydrogens (tertiary/aromatic N) is 4. The van der Waals surface area contributed by atoms with Gasteiger partial charge in [-0.2, -0.15) is 10.5 Å². The zero-order chi connectivity index (χ0) is 26.6. The van der Waals surface area contributed by atoms with Crippen LogP contribution in [-0.2, 0) is 12.8 Å². The maximum absolute atomic E-state index is 13.5. The van der Waals surface area contributed by atoms with Crippen LogP contribution in [0.1, 0.15) is 52.6 Å². The Morgan fingerprint density at radius 1 is 0.474 bits per heavy atom. The monoisotopic (exact) mass is 496 g/mol. The van der Waals surface area contributed by atoms with Gasteiger partial charge in [-0.25, -0.2) is 9.80 Å². The molecule has 0 atom stereocenters. The molecule has 2 aliphatic rings. The normalized spacial score (nSPS) is 14.1. The molecule has 4 amide bonds. The summed E-state index contributed by atoms with van der Waals surface area (Å²) in [7, 11) is 0. The standard InChI is InChI=1S/C30H16N4O4/c31-15-13-17-1-5-19(6-2-17)33-27(35)21-9-11-23-26-24(12-10-22(25(21)26)28(33)36)30(38)34(29(23)37)20-7-3-18(4-8-20)14-16-32/h1-12H,13-14H2. The van der Waals surface area contributed by atoms with E-state index in [1.54, 1.807) is 48.5 Å². The van der Waals surface area contributed by atoms with Gasteiger partial charge in [0.15, 0.2) is 0 Å². The van der Waals surface area contributed by atoms with Gasteiger partial charge in [0.1, 0.15) is 0 Å². The molecular formula is C30H16N4O4. The van der Waals surface area contributed by atoms with Gasteiger partial charge in [0.25, 0.3) is 23.6 Å². The lowest BCUT2D eigenvalue weighted by atomic mass is 9.85. The third kappa shape index (κ3) is 3.22. The van der Waals surface area contributed by atoms with E-state index in [1.165, 1.54) is 24.3 Å². The second-order valence-corrected chi connectivity index (χ2v) is 8.97. The fourth-order valence-electron chi connectivity index (χ4n) is 5.05. The Morgan fingerprint density at radius 3 is 1.03 bits per heavy atom. The van der Waals surface area contributed by atoms with Gasteiger partial charge in [-0.1, -0.05) is 24.3 Å². The highest BCUT2D eigenvalue weighted by Gasteiger charge is 2.40. The van der Waals surface area contributed by atoms with E-state index < -0.39 is 23.6 Å². The Kier molecular flexibility index (Phi) is 5.11. The summed E-state index contributed by atoms with van der Waals surface area (Å²) in [5.74, 6) is -2.24. The van der Waals surface area contributed by atoms with Crippen molar-refractivity contribution in [1.82, 2.24) is 0 Å². The Labute approximate surface area is 216 Å². The molecule has 0 bridgehead atoms. The van der Waals surface area contributed by atoms with E-state index in [0.29, 0.717) is 11.4 Å². The zero-order valence-corrected chi connectivity index (χ0v) is 19.8. The summed E-state index contributed by atoms with van der Waals surface area (Å²) in [6.07, 6.45) is 0.415. The van der Waals surface area contributed by atoms with Crippen LogP contribution in [-0.4, -0.2) is 23.6 Å². The average Bonchev–Trinajstić information content (AvgIpc) is 2.93. The third-order valence-electron chi connectivity index (χ3n) is 6.85. The van der Waals surface area contributed by atoms with Crippen LogP contribution >= 0.6 is 0 Å². The molecule has 0 saturated heterocycles. The van der Waals surface area contributed by atoms with Gasteiger partial charge in [-0.3, -0.25) is 19.2 Å². The molecule has 0 aliphatic carbocycles. The summed E-state index contributed by atoms with van der Waals surface area (Å²) < 4.78 is 0. The van der Waals surface area contributed by atoms with Crippen molar-refractivity contribution >= 4 is 45.8 Å². The van der Waals surface area contributed by atoms with E-state index in [-0.39, 0.29) is 45.9 Å². The molecule has 38 heavy (non-hydrogen) atoms. The van der Waals surface area contributed by atoms with Crippen LogP contribution in [0.3, 0.4) is 0 Å². The zero-order valence-electron chi connectivity index (χ0n) is 19.8. The van der Waals surface area contributed by atoms with Gasteiger partial charge in [0, 0.05) is 33.0 Å². The molecule has 0 saturated carbocycles. The molecule has 2 heterocycles. The van der Waals surface area contributed by atoms with Crippen molar-refractivity contribution in [3.05, 3.63) is 106 Å². The first-order chi connectivity index (χ1) is 18.4. The van der Waals surface area contributed by atoms with Crippen LogP contribution in [0.25, 0.3) is 10.8 Å². The van der Waals surface area contributed by atoms with Crippen molar-refractivity contribution in [1.29, 1.82) is 10.5 Å². The number of anilines is 2. The number of amides is 4. The molecule has 8 heteroatoms. The summed E-state index contributed by atoms with van der Waals surface area (Å²) >= 11 is 0. The van der Waals surface area contributed by atoms with Crippen molar-refractivity contribution in [3.8, 4) is 12.1 Å². The van der Waals surface area contributed by atoms with Gasteiger partial charge >= 0.3 is 0 Å². The highest BCUT2D eigenvalue weighted by molar-refractivity contribution is 6.42. The predicted octanol–water partition coefficient (Wildman–Crippen LogP) is 4.57. The fraction of sp³-hybridized carbons (Fsp3) is 0.0667. The molecule has 0 aromatic heterocycles. The summed E-state index contributed by atoms with van der Waals surface area (Å²) in [6, 6.07) is 23.4. The van der Waals surface area contributed by atoms with E-state index in [4.69, 9.17) is 10.5 Å². The molecule has 6 rings (SSSR count). The van der Waals surface area contributed by atoms with E-state index in [0.717, 1.165) is 20.9 Å². The molecular weight excluding hydrogens is 480 g/mol. The first kappa shape index (κ1) is 22.8. The van der Waals surface area contributed by atoms with Crippen LogP contribution < -0.4 is 9.80 Å². The largest absolute Gasteiger partial charge is 0.268 e. The Balaban J connectivity index is 1.46. The van der Waals surface area contributed by atoms with Crippen molar-refractivity contribution in [3.63, 3.8) is 0 Å². The first-order valence-electron chi connectivity index (χ1n) is 11.7. The van der Waals surface area contributed by atoms with Crippen molar-refractivity contribution in [2.24, 2.45) is 0 Å². The molecule has 8 nitrogen and oxygen atoms in total. The summed E-state index contributed by atoms with van der Waals surface area (Å²) in [6.45, 7) is 0. The van der Waals surface area contributed by atoms with Crippen molar-refractivity contribution in [2.75, 3.05) is 9.80 Å². The summed E-state index contributed by atoms with van der Waals surface area (Å²) in [5, 5.41) is 18.4. The number of hydrogen-bond donors (Lipinski definition) is 0. The van der Waals surface area contributed by atoms with Crippen molar-refractivity contribution in [2.45, 2.75) is 12.8 Å². The molecule has 0 N–H and O–H groups in total. The maximum Gasteiger partial charge on any atom is 0.265 e. The Bertz CT molecular complexity index is 1600. The lowest BCUT2D eigenvalue weighted by Gasteiger charge is -2.32. The SMILES string of the molecule is N#CCc1ccc(N2C(=O)c3ccc4c5c(ccc(c35)C2=O)C(=O)N(c2ccc(CC#N)cc2)C4=O)cc1. The van der Waals surface area contributed by atoms with Crippen molar-refractivity contribution < 1.29 is 19.2 Å². The van der Waals surface area contributed by atoms with Gasteiger partial charge in [-0.15, -0.1) is 0 Å². The molecule has 0 unspecified atom stereocenters. The number of imide groups is 2. The number of nitriles is 2. The second kappa shape index (κ2) is 8.51. The van der Waals surface area contributed by atoms with Gasteiger partial charge in [-0.05, 0) is 59.7 Å². The third-order valence-corrected chi connectivity index (χ3v) is 6.85. The fourth-order valence-corrected chi connectivity index (χ4v) is 5.05. The number of benzene rings is 4. The van der Waals surface area contributed by atoms with Crippen LogP contribution in [0.2, 0.25) is 0 Å². The van der Waals surface area contributed by atoms with Gasteiger partial charge < -0.3 is 0 Å². The molecule has 4 aromatic carbocycles. The smallest absolute Gasteiger partial charge is 0.265 e. The predicted molar refractivity (Wildman–Crippen MR) is 138 cm³/mol. The highest BCUT2D eigenvalue weighted by atomic mass is 16.2. The maximum atomic E-state index is 13.5. The summed E-state index contributed by atoms with van der Waals surface area (Å²) in [4.78, 5) is 56.3. The second-order valence-electron chi connectivity index (χ2n) is 8.97. The molecule has 180 valence electrons. The van der Waals surface area contributed by atoms with E-state index >= 15 is 0 Å². The number of hydrogen-bond acceptors (Lipinski definition) is 6. The molecule has 4 aromatic rings. The minimum Gasteiger partial charge on any atom is -0.268 e. The van der Waals surface area contributed by atoms with Crippen LogP contribution in [0.4, 0.5) is 11.4 Å². The minimum absolute atomic E-state index is 0.207. The molecule has 0 fully saturated rings. The number of carbonyl (C=O) groups is 4. The van der Waals surface area contributed by atoms with Gasteiger partial charge in [0.05, 0.1) is 36.4 Å². The quantitative estimate of drug-likeness (QED) is 0.381. The lowest BCUT2D eigenvalue weighted by molar-refractivity contribution is 0.0873. The van der Waals surface area contributed by atoms with E-state index in [2.05, 4.69) is 12.1 Å². The molecule has 2 aliphatic heterocycles. The van der Waals surface area contributed by atoms with Gasteiger partial charge in [0.2, 0.25) is 0 Å². The molecule has 0 radical (unpaired) electrons. The first-order valence-corrected chi connectivity index (χ1v) is 11.7. The summed E-state index contributed by atoms with van der Waals surface area (Å²) in [5.41, 5.74) is 3.11. The lowest BCUT2D eigenvalue weighted by Crippen LogP contribution is -2.43. The number of carbonyl (C=O) groups excluding carboxylic acids is 4. The Hall–Kier alpha value is -5.60. The number of rotatable bonds is 4. The Morgan fingerprint density at radius 2 is 0.763 bits per heavy atom. The highest BCUT2D eigenvalue weighted by Crippen LogP contribution is 2.40.